The van der Waals surface area contributed by atoms with Crippen LogP contribution in [0.5, 0.6) is 0 Å². The standard InChI is InChI=1S/C14H15N3O2/c15-11-7-13(14(19)17-6-5-9(18)8-17)16-12-4-2-1-3-10(11)12/h1-4,7,9,18H,5-6,8H2,(H2,15,16). The second-order valence-corrected chi connectivity index (χ2v) is 4.81. The number of carbonyl (C=O) groups excluding carboxylic acids is 1. The van der Waals surface area contributed by atoms with E-state index in [1.165, 1.54) is 0 Å². The number of nitrogen functional groups attached to an aromatic ring is 1. The number of benzene rings is 1. The summed E-state index contributed by atoms with van der Waals surface area (Å²) in [5.41, 5.74) is 7.56. The molecule has 5 heteroatoms. The predicted molar refractivity (Wildman–Crippen MR) is 72.7 cm³/mol. The van der Waals surface area contributed by atoms with E-state index >= 15 is 0 Å². The third-order valence-electron chi connectivity index (χ3n) is 3.42. The van der Waals surface area contributed by atoms with Crippen molar-refractivity contribution >= 4 is 22.5 Å². The quantitative estimate of drug-likeness (QED) is 0.799. The fourth-order valence-electron chi connectivity index (χ4n) is 2.40. The molecule has 3 N–H and O–H groups in total. The fraction of sp³-hybridized carbons (Fsp3) is 0.286. The molecule has 1 amide bonds. The number of aliphatic hydroxyl groups excluding tert-OH is 1. The van der Waals surface area contributed by atoms with Gasteiger partial charge in [-0.1, -0.05) is 18.2 Å². The van der Waals surface area contributed by atoms with Crippen molar-refractivity contribution in [3.05, 3.63) is 36.0 Å². The molecule has 1 aromatic carbocycles. The monoisotopic (exact) mass is 257 g/mol. The van der Waals surface area contributed by atoms with Crippen molar-refractivity contribution in [3.8, 4) is 0 Å². The number of amides is 1. The van der Waals surface area contributed by atoms with Gasteiger partial charge >= 0.3 is 0 Å². The van der Waals surface area contributed by atoms with Crippen molar-refractivity contribution in [2.75, 3.05) is 18.8 Å². The minimum atomic E-state index is -0.429. The van der Waals surface area contributed by atoms with Crippen LogP contribution in [0.25, 0.3) is 10.9 Å². The maximum Gasteiger partial charge on any atom is 0.272 e. The normalized spacial score (nSPS) is 19.0. The van der Waals surface area contributed by atoms with Gasteiger partial charge in [-0.15, -0.1) is 0 Å². The number of hydrogen-bond acceptors (Lipinski definition) is 4. The van der Waals surface area contributed by atoms with Gasteiger partial charge in [0.25, 0.3) is 5.91 Å². The van der Waals surface area contributed by atoms with Crippen LogP contribution < -0.4 is 5.73 Å². The number of fused-ring (bicyclic) bond motifs is 1. The van der Waals surface area contributed by atoms with Crippen molar-refractivity contribution in [2.45, 2.75) is 12.5 Å². The number of aromatic nitrogens is 1. The Labute approximate surface area is 110 Å². The molecule has 2 aromatic rings. The lowest BCUT2D eigenvalue weighted by molar-refractivity contribution is 0.0759. The number of hydrogen-bond donors (Lipinski definition) is 2. The summed E-state index contributed by atoms with van der Waals surface area (Å²) in [6, 6.07) is 9.07. The van der Waals surface area contributed by atoms with Crippen molar-refractivity contribution in [3.63, 3.8) is 0 Å². The van der Waals surface area contributed by atoms with Crippen LogP contribution in [-0.4, -0.2) is 40.1 Å². The molecule has 1 aliphatic rings. The fourth-order valence-corrected chi connectivity index (χ4v) is 2.40. The number of pyridine rings is 1. The molecule has 2 heterocycles. The van der Waals surface area contributed by atoms with Gasteiger partial charge < -0.3 is 15.7 Å². The number of nitrogens with zero attached hydrogens (tertiary/aromatic N) is 2. The molecule has 1 unspecified atom stereocenters. The van der Waals surface area contributed by atoms with Gasteiger partial charge in [0.2, 0.25) is 0 Å². The zero-order chi connectivity index (χ0) is 13.4. The first-order valence-corrected chi connectivity index (χ1v) is 6.28. The summed E-state index contributed by atoms with van der Waals surface area (Å²) in [7, 11) is 0. The first-order chi connectivity index (χ1) is 9.15. The van der Waals surface area contributed by atoms with Crippen LogP contribution >= 0.6 is 0 Å². The minimum Gasteiger partial charge on any atom is -0.398 e. The maximum atomic E-state index is 12.3. The molecule has 1 atom stereocenters. The third-order valence-corrected chi connectivity index (χ3v) is 3.42. The minimum absolute atomic E-state index is 0.172. The van der Waals surface area contributed by atoms with Gasteiger partial charge in [-0.3, -0.25) is 4.79 Å². The average Bonchev–Trinajstić information content (AvgIpc) is 2.84. The Kier molecular flexibility index (Phi) is 2.83. The van der Waals surface area contributed by atoms with Crippen LogP contribution in [0.3, 0.4) is 0 Å². The Bertz CT molecular complexity index is 642. The molecule has 5 nitrogen and oxygen atoms in total. The van der Waals surface area contributed by atoms with Gasteiger partial charge in [-0.2, -0.15) is 0 Å². The number of para-hydroxylation sites is 1. The summed E-state index contributed by atoms with van der Waals surface area (Å²) >= 11 is 0. The predicted octanol–water partition coefficient (Wildman–Crippen LogP) is 1.02. The Morgan fingerprint density at radius 2 is 2.21 bits per heavy atom. The molecule has 19 heavy (non-hydrogen) atoms. The van der Waals surface area contributed by atoms with Crippen LogP contribution in [0.1, 0.15) is 16.9 Å². The van der Waals surface area contributed by atoms with Crippen LogP contribution in [-0.2, 0) is 0 Å². The molecule has 1 saturated heterocycles. The highest BCUT2D eigenvalue weighted by Crippen LogP contribution is 2.21. The number of carbonyl (C=O) groups is 1. The van der Waals surface area contributed by atoms with E-state index in [9.17, 15) is 9.90 Å². The number of nitrogens with two attached hydrogens (primary N) is 1. The second-order valence-electron chi connectivity index (χ2n) is 4.81. The smallest absolute Gasteiger partial charge is 0.272 e. The summed E-state index contributed by atoms with van der Waals surface area (Å²) < 4.78 is 0. The maximum absolute atomic E-state index is 12.3. The Morgan fingerprint density at radius 1 is 1.42 bits per heavy atom. The molecule has 1 fully saturated rings. The molecule has 1 aliphatic heterocycles. The molecule has 0 spiro atoms. The van der Waals surface area contributed by atoms with Gasteiger partial charge in [0.1, 0.15) is 5.69 Å². The van der Waals surface area contributed by atoms with E-state index < -0.39 is 6.10 Å². The van der Waals surface area contributed by atoms with E-state index in [4.69, 9.17) is 5.73 Å². The lowest BCUT2D eigenvalue weighted by Gasteiger charge is -2.15. The molecule has 0 radical (unpaired) electrons. The zero-order valence-corrected chi connectivity index (χ0v) is 10.4. The lowest BCUT2D eigenvalue weighted by Crippen LogP contribution is -2.30. The van der Waals surface area contributed by atoms with Crippen molar-refractivity contribution in [1.29, 1.82) is 0 Å². The van der Waals surface area contributed by atoms with Gasteiger partial charge in [0.05, 0.1) is 11.6 Å². The molecule has 0 aliphatic carbocycles. The van der Waals surface area contributed by atoms with E-state index in [0.29, 0.717) is 36.4 Å². The van der Waals surface area contributed by atoms with E-state index in [-0.39, 0.29) is 5.91 Å². The number of rotatable bonds is 1. The molecular weight excluding hydrogens is 242 g/mol. The number of anilines is 1. The SMILES string of the molecule is Nc1cc(C(=O)N2CCC(O)C2)nc2ccccc12. The number of aliphatic hydroxyl groups is 1. The van der Waals surface area contributed by atoms with Crippen molar-refractivity contribution in [1.82, 2.24) is 9.88 Å². The summed E-state index contributed by atoms with van der Waals surface area (Å²) in [5, 5.41) is 10.3. The molecule has 1 aromatic heterocycles. The summed E-state index contributed by atoms with van der Waals surface area (Å²) in [4.78, 5) is 18.3. The molecular formula is C14H15N3O2. The van der Waals surface area contributed by atoms with E-state index in [2.05, 4.69) is 4.98 Å². The summed E-state index contributed by atoms with van der Waals surface area (Å²) in [6.45, 7) is 0.932. The van der Waals surface area contributed by atoms with Gasteiger partial charge in [0.15, 0.2) is 0 Å². The van der Waals surface area contributed by atoms with Crippen LogP contribution in [0.2, 0.25) is 0 Å². The molecule has 0 bridgehead atoms. The lowest BCUT2D eigenvalue weighted by atomic mass is 10.1. The number of β-amino-alcohol motifs (C(OH)–C–C–N with tert-alkyl or cyclic N) is 1. The first kappa shape index (κ1) is 11.9. The highest BCUT2D eigenvalue weighted by Gasteiger charge is 2.26. The Hall–Kier alpha value is -2.14. The van der Waals surface area contributed by atoms with Crippen LogP contribution in [0.4, 0.5) is 5.69 Å². The van der Waals surface area contributed by atoms with Gasteiger partial charge in [-0.05, 0) is 18.6 Å². The van der Waals surface area contributed by atoms with E-state index in [1.54, 1.807) is 11.0 Å². The Morgan fingerprint density at radius 3 is 2.95 bits per heavy atom. The van der Waals surface area contributed by atoms with Crippen molar-refractivity contribution in [2.24, 2.45) is 0 Å². The summed E-state index contributed by atoms with van der Waals surface area (Å²) in [5.74, 6) is -0.172. The highest BCUT2D eigenvalue weighted by atomic mass is 16.3. The van der Waals surface area contributed by atoms with E-state index in [1.807, 2.05) is 24.3 Å². The second kappa shape index (κ2) is 4.51. The highest BCUT2D eigenvalue weighted by molar-refractivity contribution is 5.99. The first-order valence-electron chi connectivity index (χ1n) is 6.28. The van der Waals surface area contributed by atoms with Crippen molar-refractivity contribution < 1.29 is 9.90 Å². The molecule has 3 rings (SSSR count). The largest absolute Gasteiger partial charge is 0.398 e. The van der Waals surface area contributed by atoms with Gasteiger partial charge in [-0.25, -0.2) is 4.98 Å². The topological polar surface area (TPSA) is 79.5 Å². The Balaban J connectivity index is 1.99. The van der Waals surface area contributed by atoms with Gasteiger partial charge in [0, 0.05) is 24.2 Å². The third kappa shape index (κ3) is 2.13. The summed E-state index contributed by atoms with van der Waals surface area (Å²) in [6.07, 6.45) is 0.191. The zero-order valence-electron chi connectivity index (χ0n) is 10.4. The van der Waals surface area contributed by atoms with Crippen LogP contribution in [0.15, 0.2) is 30.3 Å². The van der Waals surface area contributed by atoms with E-state index in [0.717, 1.165) is 5.39 Å². The van der Waals surface area contributed by atoms with Crippen LogP contribution in [0, 0.1) is 0 Å². The molecule has 98 valence electrons. The molecule has 0 saturated carbocycles. The number of likely N-dealkylation sites (tertiary alicyclic amines) is 1. The average molecular weight is 257 g/mol.